The molecule has 2 aromatic rings. The van der Waals surface area contributed by atoms with E-state index in [0.29, 0.717) is 31.5 Å². The first-order valence-corrected chi connectivity index (χ1v) is 17.4. The number of aromatic nitrogens is 1. The zero-order valence-electron chi connectivity index (χ0n) is 29.6. The number of likely N-dealkylation sites (tertiary alicyclic amines) is 1. The SMILES string of the molecule is CCCNC(=O)[C@@H]1CCCN1C(=O)COc1cc(C(=O)N[C@@H](CCC(=O)OCC)C(=O)N2CCN(C(=O)OCC)CC2)nc2cc(C)cc(F)c12. The second kappa shape index (κ2) is 18.3. The van der Waals surface area contributed by atoms with Crippen molar-refractivity contribution in [3.8, 4) is 5.75 Å². The number of pyridine rings is 1. The lowest BCUT2D eigenvalue weighted by atomic mass is 10.1. The van der Waals surface area contributed by atoms with E-state index in [1.807, 2.05) is 6.92 Å². The number of nitrogens with zero attached hydrogens (tertiary/aromatic N) is 4. The molecule has 2 N–H and O–H groups in total. The van der Waals surface area contributed by atoms with E-state index >= 15 is 4.39 Å². The monoisotopic (exact) mass is 714 g/mol. The molecule has 1 aromatic carbocycles. The third-order valence-electron chi connectivity index (χ3n) is 8.64. The van der Waals surface area contributed by atoms with E-state index in [4.69, 9.17) is 14.2 Å². The van der Waals surface area contributed by atoms with Crippen LogP contribution in [0.2, 0.25) is 0 Å². The zero-order chi connectivity index (χ0) is 37.1. The van der Waals surface area contributed by atoms with Crippen LogP contribution in [-0.4, -0.2) is 127 Å². The lowest BCUT2D eigenvalue weighted by Crippen LogP contribution is -2.56. The summed E-state index contributed by atoms with van der Waals surface area (Å²) >= 11 is 0. The molecule has 15 nitrogen and oxygen atoms in total. The van der Waals surface area contributed by atoms with Gasteiger partial charge in [0, 0.05) is 51.8 Å². The van der Waals surface area contributed by atoms with E-state index in [1.54, 1.807) is 26.8 Å². The van der Waals surface area contributed by atoms with Gasteiger partial charge in [-0.2, -0.15) is 0 Å². The van der Waals surface area contributed by atoms with Gasteiger partial charge in [-0.3, -0.25) is 24.0 Å². The topological polar surface area (TPSA) is 177 Å². The molecular weight excluding hydrogens is 667 g/mol. The fourth-order valence-electron chi connectivity index (χ4n) is 6.10. The third-order valence-corrected chi connectivity index (χ3v) is 8.64. The van der Waals surface area contributed by atoms with Crippen LogP contribution in [0.4, 0.5) is 9.18 Å². The van der Waals surface area contributed by atoms with E-state index in [-0.39, 0.29) is 80.5 Å². The number of amides is 5. The number of rotatable bonds is 14. The normalized spacial score (nSPS) is 16.4. The summed E-state index contributed by atoms with van der Waals surface area (Å²) in [6.45, 7) is 8.44. The Labute approximate surface area is 296 Å². The van der Waals surface area contributed by atoms with E-state index in [0.717, 1.165) is 6.42 Å². The molecule has 5 amide bonds. The van der Waals surface area contributed by atoms with Gasteiger partial charge in [0.25, 0.3) is 11.8 Å². The molecule has 2 aliphatic heterocycles. The first-order valence-electron chi connectivity index (χ1n) is 17.4. The van der Waals surface area contributed by atoms with Crippen LogP contribution >= 0.6 is 0 Å². The Kier molecular flexibility index (Phi) is 13.9. The first-order chi connectivity index (χ1) is 24.5. The maximum Gasteiger partial charge on any atom is 0.409 e. The second-order valence-corrected chi connectivity index (χ2v) is 12.4. The minimum absolute atomic E-state index is 0.0435. The summed E-state index contributed by atoms with van der Waals surface area (Å²) in [5.74, 6) is -3.32. The molecule has 16 heteroatoms. The smallest absolute Gasteiger partial charge is 0.409 e. The van der Waals surface area contributed by atoms with Gasteiger partial charge in [0.15, 0.2) is 6.61 Å². The number of carbonyl (C=O) groups is 6. The molecule has 0 saturated carbocycles. The number of hydrogen-bond acceptors (Lipinski definition) is 10. The Morgan fingerprint density at radius 3 is 2.35 bits per heavy atom. The Hall–Kier alpha value is -5.02. The maximum atomic E-state index is 15.3. The van der Waals surface area contributed by atoms with E-state index in [2.05, 4.69) is 15.6 Å². The standard InChI is InChI=1S/C35H47FN6O9/c1-5-12-37-33(46)27-9-8-13-42(27)29(43)21-51-28-20-26(38-25-19-22(4)18-23(36)31(25)28)32(45)39-24(10-11-30(44)49-6-2)34(47)40-14-16-41(17-15-40)35(48)50-7-3/h18-20,24,27H,5-17,21H2,1-4H3,(H,37,46)(H,39,45)/t24-,27-/m0/s1. The minimum Gasteiger partial charge on any atom is -0.483 e. The number of aryl methyl sites for hydroxylation is 1. The average molecular weight is 715 g/mol. The average Bonchev–Trinajstić information content (AvgIpc) is 3.61. The second-order valence-electron chi connectivity index (χ2n) is 12.4. The number of hydrogen-bond donors (Lipinski definition) is 2. The highest BCUT2D eigenvalue weighted by Crippen LogP contribution is 2.30. The van der Waals surface area contributed by atoms with Crippen molar-refractivity contribution in [2.75, 3.05) is 59.1 Å². The fourth-order valence-corrected chi connectivity index (χ4v) is 6.10. The number of halogens is 1. The van der Waals surface area contributed by atoms with Gasteiger partial charge in [-0.25, -0.2) is 14.2 Å². The van der Waals surface area contributed by atoms with Gasteiger partial charge in [-0.15, -0.1) is 0 Å². The van der Waals surface area contributed by atoms with E-state index in [1.165, 1.54) is 26.8 Å². The lowest BCUT2D eigenvalue weighted by molar-refractivity contribution is -0.143. The summed E-state index contributed by atoms with van der Waals surface area (Å²) in [5, 5.41) is 5.45. The summed E-state index contributed by atoms with van der Waals surface area (Å²) in [5.41, 5.74) is 0.397. The third kappa shape index (κ3) is 10.0. The molecular formula is C35H47FN6O9. The Bertz CT molecular complexity index is 1610. The van der Waals surface area contributed by atoms with Crippen molar-refractivity contribution in [3.63, 3.8) is 0 Å². The highest BCUT2D eigenvalue weighted by Gasteiger charge is 2.35. The van der Waals surface area contributed by atoms with Crippen LogP contribution in [0.25, 0.3) is 10.9 Å². The van der Waals surface area contributed by atoms with E-state index in [9.17, 15) is 28.8 Å². The predicted octanol–water partition coefficient (Wildman–Crippen LogP) is 2.32. The van der Waals surface area contributed by atoms with Gasteiger partial charge in [0.1, 0.15) is 29.3 Å². The summed E-state index contributed by atoms with van der Waals surface area (Å²) in [6, 6.07) is 2.23. The number of carbonyl (C=O) groups excluding carboxylic acids is 6. The van der Waals surface area contributed by atoms with Crippen LogP contribution in [0.1, 0.15) is 68.9 Å². The zero-order valence-corrected chi connectivity index (χ0v) is 29.6. The summed E-state index contributed by atoms with van der Waals surface area (Å²) in [7, 11) is 0. The molecule has 0 unspecified atom stereocenters. The van der Waals surface area contributed by atoms with Crippen molar-refractivity contribution in [3.05, 3.63) is 35.3 Å². The Morgan fingerprint density at radius 1 is 0.961 bits per heavy atom. The molecule has 2 atom stereocenters. The van der Waals surface area contributed by atoms with E-state index < -0.39 is 54.3 Å². The van der Waals surface area contributed by atoms with Crippen LogP contribution in [0.15, 0.2) is 18.2 Å². The Morgan fingerprint density at radius 2 is 1.67 bits per heavy atom. The van der Waals surface area contributed by atoms with Gasteiger partial charge in [-0.05, 0) is 64.2 Å². The number of esters is 1. The summed E-state index contributed by atoms with van der Waals surface area (Å²) in [4.78, 5) is 86.5. The number of ether oxygens (including phenoxy) is 3. The van der Waals surface area contributed by atoms with Crippen molar-refractivity contribution in [2.24, 2.45) is 0 Å². The molecule has 2 saturated heterocycles. The summed E-state index contributed by atoms with van der Waals surface area (Å²) in [6.07, 6.45) is 1.18. The van der Waals surface area contributed by atoms with Crippen molar-refractivity contribution in [1.29, 1.82) is 0 Å². The van der Waals surface area contributed by atoms with Crippen molar-refractivity contribution < 1.29 is 47.4 Å². The van der Waals surface area contributed by atoms with Crippen LogP contribution in [0.3, 0.4) is 0 Å². The fraction of sp³-hybridized carbons (Fsp3) is 0.571. The van der Waals surface area contributed by atoms with Gasteiger partial charge in [0.05, 0.1) is 24.1 Å². The number of fused-ring (bicyclic) bond motifs is 1. The van der Waals surface area contributed by atoms with Crippen LogP contribution < -0.4 is 15.4 Å². The van der Waals surface area contributed by atoms with Gasteiger partial charge in [-0.1, -0.05) is 6.92 Å². The largest absolute Gasteiger partial charge is 0.483 e. The molecule has 2 fully saturated rings. The molecule has 0 spiro atoms. The van der Waals surface area contributed by atoms with Crippen molar-refractivity contribution in [2.45, 2.75) is 71.9 Å². The van der Waals surface area contributed by atoms with Gasteiger partial charge < -0.3 is 39.5 Å². The predicted molar refractivity (Wildman–Crippen MR) is 182 cm³/mol. The molecule has 3 heterocycles. The molecule has 278 valence electrons. The highest BCUT2D eigenvalue weighted by atomic mass is 19.1. The van der Waals surface area contributed by atoms with Crippen molar-refractivity contribution >= 4 is 46.6 Å². The molecule has 0 radical (unpaired) electrons. The van der Waals surface area contributed by atoms with Crippen LogP contribution in [0, 0.1) is 12.7 Å². The summed E-state index contributed by atoms with van der Waals surface area (Å²) < 4.78 is 31.3. The lowest BCUT2D eigenvalue weighted by Gasteiger charge is -2.36. The number of nitrogens with one attached hydrogen (secondary N) is 2. The molecule has 2 aliphatic rings. The number of benzene rings is 1. The molecule has 0 aliphatic carbocycles. The molecule has 1 aromatic heterocycles. The quantitative estimate of drug-likeness (QED) is 0.276. The molecule has 4 rings (SSSR count). The molecule has 0 bridgehead atoms. The van der Waals surface area contributed by atoms with Gasteiger partial charge in [0.2, 0.25) is 11.8 Å². The molecule has 51 heavy (non-hydrogen) atoms. The first kappa shape index (κ1) is 38.8. The van der Waals surface area contributed by atoms with Gasteiger partial charge >= 0.3 is 12.1 Å². The highest BCUT2D eigenvalue weighted by molar-refractivity contribution is 6.00. The maximum absolute atomic E-state index is 15.3. The van der Waals surface area contributed by atoms with Crippen LogP contribution in [0.5, 0.6) is 5.75 Å². The Balaban J connectivity index is 1.55. The van der Waals surface area contributed by atoms with Crippen LogP contribution in [-0.2, 0) is 28.7 Å². The number of piperazine rings is 1. The van der Waals surface area contributed by atoms with Crippen molar-refractivity contribution in [1.82, 2.24) is 30.3 Å². The minimum atomic E-state index is -1.17.